The first-order valence-corrected chi connectivity index (χ1v) is 3.90. The first-order valence-electron chi connectivity index (χ1n) is 3.11. The summed E-state index contributed by atoms with van der Waals surface area (Å²) in [6.07, 6.45) is -0.132. The van der Waals surface area contributed by atoms with Crippen LogP contribution in [0.5, 0.6) is 0 Å². The third-order valence-electron chi connectivity index (χ3n) is 1.26. The fourth-order valence-electron chi connectivity index (χ4n) is 0.763. The molecule has 0 N–H and O–H groups in total. The van der Waals surface area contributed by atoms with E-state index in [0.29, 0.717) is 5.56 Å². The van der Waals surface area contributed by atoms with E-state index in [1.165, 1.54) is 0 Å². The Balaban J connectivity index is 2.74. The molecule has 0 fully saturated rings. The molecule has 1 aromatic rings. The van der Waals surface area contributed by atoms with Crippen LogP contribution in [0.4, 0.5) is 4.39 Å². The molecule has 0 spiro atoms. The molecule has 0 atom stereocenters. The Morgan fingerprint density at radius 3 is 2.36 bits per heavy atom. The Labute approximate surface area is 72.4 Å². The summed E-state index contributed by atoms with van der Waals surface area (Å²) in [5.41, 5.74) is 0.695. The molecule has 11 heavy (non-hydrogen) atoms. The zero-order chi connectivity index (χ0) is 8.27. The molecule has 3 heteroatoms. The van der Waals surface area contributed by atoms with Gasteiger partial charge in [0.15, 0.2) is 0 Å². The molecule has 0 radical (unpaired) electrons. The van der Waals surface area contributed by atoms with Gasteiger partial charge in [-0.05, 0) is 17.7 Å². The SMILES string of the molecule is O=C(F)Cc1ccc(Br)cc1. The molecule has 0 aliphatic rings. The largest absolute Gasteiger partial charge is 0.305 e. The Kier molecular flexibility index (Phi) is 2.76. The highest BCUT2D eigenvalue weighted by Crippen LogP contribution is 2.10. The Morgan fingerprint density at radius 1 is 1.36 bits per heavy atom. The van der Waals surface area contributed by atoms with Gasteiger partial charge < -0.3 is 0 Å². The number of halogens is 2. The highest BCUT2D eigenvalue weighted by atomic mass is 79.9. The summed E-state index contributed by atoms with van der Waals surface area (Å²) in [4.78, 5) is 10.0. The third kappa shape index (κ3) is 2.80. The van der Waals surface area contributed by atoms with Crippen molar-refractivity contribution in [1.29, 1.82) is 0 Å². The van der Waals surface area contributed by atoms with E-state index in [9.17, 15) is 9.18 Å². The van der Waals surface area contributed by atoms with Crippen LogP contribution >= 0.6 is 15.9 Å². The van der Waals surface area contributed by atoms with Crippen molar-refractivity contribution in [2.24, 2.45) is 0 Å². The topological polar surface area (TPSA) is 17.1 Å². The first-order chi connectivity index (χ1) is 5.18. The van der Waals surface area contributed by atoms with Crippen LogP contribution in [0, 0.1) is 0 Å². The van der Waals surface area contributed by atoms with E-state index < -0.39 is 6.04 Å². The zero-order valence-corrected chi connectivity index (χ0v) is 7.27. The Bertz CT molecular complexity index is 255. The Hall–Kier alpha value is -0.700. The van der Waals surface area contributed by atoms with E-state index in [1.807, 2.05) is 0 Å². The van der Waals surface area contributed by atoms with Crippen molar-refractivity contribution in [3.8, 4) is 0 Å². The molecule has 0 aliphatic carbocycles. The maximum absolute atomic E-state index is 11.8. The second kappa shape index (κ2) is 3.62. The van der Waals surface area contributed by atoms with Gasteiger partial charge in [0, 0.05) is 4.47 Å². The minimum Gasteiger partial charge on any atom is -0.261 e. The van der Waals surface area contributed by atoms with E-state index >= 15 is 0 Å². The van der Waals surface area contributed by atoms with E-state index in [4.69, 9.17) is 0 Å². The van der Waals surface area contributed by atoms with Gasteiger partial charge in [-0.15, -0.1) is 0 Å². The van der Waals surface area contributed by atoms with Gasteiger partial charge in [0.25, 0.3) is 0 Å². The van der Waals surface area contributed by atoms with Gasteiger partial charge in [0.1, 0.15) is 0 Å². The third-order valence-corrected chi connectivity index (χ3v) is 1.79. The summed E-state index contributed by atoms with van der Waals surface area (Å²) in [7, 11) is 0. The minimum atomic E-state index is -1.30. The quantitative estimate of drug-likeness (QED) is 0.695. The van der Waals surface area contributed by atoms with Crippen LogP contribution in [0.3, 0.4) is 0 Å². The van der Waals surface area contributed by atoms with Crippen molar-refractivity contribution < 1.29 is 9.18 Å². The number of carbonyl (C=O) groups excluding carboxylic acids is 1. The van der Waals surface area contributed by atoms with Crippen LogP contribution in [0.25, 0.3) is 0 Å². The van der Waals surface area contributed by atoms with Crippen molar-refractivity contribution in [1.82, 2.24) is 0 Å². The molecular weight excluding hydrogens is 211 g/mol. The van der Waals surface area contributed by atoms with Crippen molar-refractivity contribution >= 4 is 22.0 Å². The highest BCUT2D eigenvalue weighted by Gasteiger charge is 1.99. The molecule has 0 heterocycles. The Morgan fingerprint density at radius 2 is 1.91 bits per heavy atom. The minimum absolute atomic E-state index is 0.132. The lowest BCUT2D eigenvalue weighted by Gasteiger charge is -1.94. The molecule has 1 rings (SSSR count). The molecule has 1 aromatic carbocycles. The maximum Gasteiger partial charge on any atom is 0.305 e. The zero-order valence-electron chi connectivity index (χ0n) is 5.68. The van der Waals surface area contributed by atoms with E-state index in [-0.39, 0.29) is 6.42 Å². The van der Waals surface area contributed by atoms with Crippen molar-refractivity contribution in [2.75, 3.05) is 0 Å². The van der Waals surface area contributed by atoms with Crippen molar-refractivity contribution in [2.45, 2.75) is 6.42 Å². The van der Waals surface area contributed by atoms with E-state index in [1.54, 1.807) is 24.3 Å². The standard InChI is InChI=1S/C8H6BrFO/c9-7-3-1-6(2-4-7)5-8(10)11/h1-4H,5H2. The van der Waals surface area contributed by atoms with Crippen LogP contribution in [0.15, 0.2) is 28.7 Å². The van der Waals surface area contributed by atoms with Crippen LogP contribution in [0.1, 0.15) is 5.56 Å². The fraction of sp³-hybridized carbons (Fsp3) is 0.125. The number of carbonyl (C=O) groups is 1. The average molecular weight is 217 g/mol. The maximum atomic E-state index is 11.8. The lowest BCUT2D eigenvalue weighted by Crippen LogP contribution is -1.93. The number of rotatable bonds is 2. The lowest BCUT2D eigenvalue weighted by atomic mass is 10.2. The van der Waals surface area contributed by atoms with Gasteiger partial charge in [-0.1, -0.05) is 28.1 Å². The number of hydrogen-bond acceptors (Lipinski definition) is 1. The molecule has 0 unspecified atom stereocenters. The molecule has 0 bridgehead atoms. The second-order valence-electron chi connectivity index (χ2n) is 2.16. The summed E-state index contributed by atoms with van der Waals surface area (Å²) in [6.45, 7) is 0. The molecule has 0 amide bonds. The predicted octanol–water partition coefficient (Wildman–Crippen LogP) is 2.49. The normalized spacial score (nSPS) is 9.64. The van der Waals surface area contributed by atoms with Gasteiger partial charge in [-0.25, -0.2) is 0 Å². The smallest absolute Gasteiger partial charge is 0.261 e. The summed E-state index contributed by atoms with van der Waals surface area (Å²) in [6, 6.07) is 5.67. The average Bonchev–Trinajstić information content (AvgIpc) is 1.93. The fourth-order valence-corrected chi connectivity index (χ4v) is 1.03. The molecule has 1 nitrogen and oxygen atoms in total. The monoisotopic (exact) mass is 216 g/mol. The van der Waals surface area contributed by atoms with Crippen molar-refractivity contribution in [3.05, 3.63) is 34.3 Å². The van der Waals surface area contributed by atoms with Crippen LogP contribution in [0.2, 0.25) is 0 Å². The molecule has 0 saturated carbocycles. The molecule has 0 saturated heterocycles. The molecular formula is C8H6BrFO. The van der Waals surface area contributed by atoms with Gasteiger partial charge in [-0.2, -0.15) is 4.39 Å². The summed E-state index contributed by atoms with van der Waals surface area (Å²) in [5.74, 6) is 0. The predicted molar refractivity (Wildman–Crippen MR) is 44.0 cm³/mol. The van der Waals surface area contributed by atoms with Crippen LogP contribution < -0.4 is 0 Å². The van der Waals surface area contributed by atoms with E-state index in [2.05, 4.69) is 15.9 Å². The van der Waals surface area contributed by atoms with Gasteiger partial charge in [0.2, 0.25) is 0 Å². The molecule has 0 aliphatic heterocycles. The van der Waals surface area contributed by atoms with Crippen LogP contribution in [-0.4, -0.2) is 6.04 Å². The highest BCUT2D eigenvalue weighted by molar-refractivity contribution is 9.10. The summed E-state index contributed by atoms with van der Waals surface area (Å²) >= 11 is 3.23. The van der Waals surface area contributed by atoms with Crippen molar-refractivity contribution in [3.63, 3.8) is 0 Å². The van der Waals surface area contributed by atoms with E-state index in [0.717, 1.165) is 4.47 Å². The van der Waals surface area contributed by atoms with Gasteiger partial charge in [-0.3, -0.25) is 4.79 Å². The van der Waals surface area contributed by atoms with Gasteiger partial charge in [0.05, 0.1) is 6.42 Å². The summed E-state index contributed by atoms with van der Waals surface area (Å²) in [5, 5.41) is 0. The molecule has 58 valence electrons. The van der Waals surface area contributed by atoms with Crippen LogP contribution in [-0.2, 0) is 11.2 Å². The summed E-state index contributed by atoms with van der Waals surface area (Å²) < 4.78 is 12.8. The first kappa shape index (κ1) is 8.40. The number of benzene rings is 1. The van der Waals surface area contributed by atoms with Gasteiger partial charge >= 0.3 is 6.04 Å². The lowest BCUT2D eigenvalue weighted by molar-refractivity contribution is -0.128. The molecule has 0 aromatic heterocycles. The number of hydrogen-bond donors (Lipinski definition) is 0. The second-order valence-corrected chi connectivity index (χ2v) is 3.07.